The largest absolute Gasteiger partial charge is 0.320 e. The van der Waals surface area contributed by atoms with Crippen LogP contribution in [0.5, 0.6) is 0 Å². The number of nitrogens with two attached hydrogens (primary N) is 1. The molecule has 0 radical (unpaired) electrons. The lowest BCUT2D eigenvalue weighted by Gasteiger charge is -2.31. The minimum Gasteiger partial charge on any atom is -0.320 e. The SMILES string of the molecule is CC[C@H](N)C(=O)N1CCCc2ccc(C)cc21. The van der Waals surface area contributed by atoms with Gasteiger partial charge in [0.15, 0.2) is 0 Å². The van der Waals surface area contributed by atoms with Gasteiger partial charge in [0.25, 0.3) is 0 Å². The highest BCUT2D eigenvalue weighted by atomic mass is 16.2. The van der Waals surface area contributed by atoms with Gasteiger partial charge in [-0.2, -0.15) is 0 Å². The van der Waals surface area contributed by atoms with Crippen LogP contribution in [0, 0.1) is 6.92 Å². The molecule has 1 amide bonds. The van der Waals surface area contributed by atoms with Gasteiger partial charge in [0.2, 0.25) is 5.91 Å². The van der Waals surface area contributed by atoms with Crippen LogP contribution >= 0.6 is 0 Å². The first-order chi connectivity index (χ1) is 8.13. The van der Waals surface area contributed by atoms with Gasteiger partial charge < -0.3 is 10.6 Å². The van der Waals surface area contributed by atoms with Crippen LogP contribution < -0.4 is 10.6 Å². The second-order valence-corrected chi connectivity index (χ2v) is 4.74. The maximum atomic E-state index is 12.2. The number of amides is 1. The van der Waals surface area contributed by atoms with Crippen molar-refractivity contribution in [2.45, 2.75) is 39.2 Å². The molecular formula is C14H20N2O. The molecule has 0 spiro atoms. The first-order valence-electron chi connectivity index (χ1n) is 6.30. The number of nitrogens with zero attached hydrogens (tertiary/aromatic N) is 1. The predicted octanol–water partition coefficient (Wildman–Crippen LogP) is 2.01. The van der Waals surface area contributed by atoms with E-state index in [1.54, 1.807) is 0 Å². The highest BCUT2D eigenvalue weighted by Gasteiger charge is 2.25. The molecule has 1 aromatic rings. The Balaban J connectivity index is 2.34. The monoisotopic (exact) mass is 232 g/mol. The minimum atomic E-state index is -0.374. The standard InChI is InChI=1S/C14H20N2O/c1-3-12(15)14(17)16-8-4-5-11-7-6-10(2)9-13(11)16/h6-7,9,12H,3-5,8,15H2,1-2H3/t12-/m0/s1. The highest BCUT2D eigenvalue weighted by Crippen LogP contribution is 2.28. The summed E-state index contributed by atoms with van der Waals surface area (Å²) < 4.78 is 0. The van der Waals surface area contributed by atoms with E-state index in [2.05, 4.69) is 25.1 Å². The minimum absolute atomic E-state index is 0.0547. The molecule has 0 fully saturated rings. The van der Waals surface area contributed by atoms with Crippen LogP contribution in [0.2, 0.25) is 0 Å². The van der Waals surface area contributed by atoms with Gasteiger partial charge in [-0.1, -0.05) is 19.1 Å². The molecule has 0 saturated heterocycles. The van der Waals surface area contributed by atoms with Crippen LogP contribution in [0.4, 0.5) is 5.69 Å². The first-order valence-corrected chi connectivity index (χ1v) is 6.30. The van der Waals surface area contributed by atoms with Crippen molar-refractivity contribution in [2.75, 3.05) is 11.4 Å². The van der Waals surface area contributed by atoms with Crippen LogP contribution in [0.1, 0.15) is 30.9 Å². The number of carbonyl (C=O) groups is 1. The average Bonchev–Trinajstić information content (AvgIpc) is 2.36. The molecule has 1 aromatic carbocycles. The van der Waals surface area contributed by atoms with Crippen molar-refractivity contribution in [3.8, 4) is 0 Å². The molecule has 0 bridgehead atoms. The molecule has 1 aliphatic heterocycles. The van der Waals surface area contributed by atoms with E-state index in [0.29, 0.717) is 6.42 Å². The molecule has 0 saturated carbocycles. The van der Waals surface area contributed by atoms with Crippen LogP contribution in [-0.4, -0.2) is 18.5 Å². The fourth-order valence-corrected chi connectivity index (χ4v) is 2.29. The first kappa shape index (κ1) is 12.1. The van der Waals surface area contributed by atoms with Gasteiger partial charge in [0.05, 0.1) is 6.04 Å². The van der Waals surface area contributed by atoms with Crippen molar-refractivity contribution >= 4 is 11.6 Å². The Bertz CT molecular complexity index is 428. The molecule has 17 heavy (non-hydrogen) atoms. The molecule has 1 atom stereocenters. The fraction of sp³-hybridized carbons (Fsp3) is 0.500. The number of fused-ring (bicyclic) bond motifs is 1. The predicted molar refractivity (Wildman–Crippen MR) is 70.1 cm³/mol. The normalized spacial score (nSPS) is 16.5. The molecule has 0 unspecified atom stereocenters. The Hall–Kier alpha value is -1.35. The van der Waals surface area contributed by atoms with E-state index in [1.165, 1.54) is 11.1 Å². The third-order valence-corrected chi connectivity index (χ3v) is 3.38. The van der Waals surface area contributed by atoms with E-state index in [0.717, 1.165) is 25.1 Å². The molecule has 0 aromatic heterocycles. The Morgan fingerprint density at radius 3 is 3.00 bits per heavy atom. The second kappa shape index (κ2) is 4.88. The zero-order valence-corrected chi connectivity index (χ0v) is 10.6. The molecular weight excluding hydrogens is 212 g/mol. The van der Waals surface area contributed by atoms with E-state index in [9.17, 15) is 4.79 Å². The number of carbonyl (C=O) groups excluding carboxylic acids is 1. The number of hydrogen-bond donors (Lipinski definition) is 1. The van der Waals surface area contributed by atoms with Gasteiger partial charge in [0, 0.05) is 12.2 Å². The number of benzene rings is 1. The maximum absolute atomic E-state index is 12.2. The summed E-state index contributed by atoms with van der Waals surface area (Å²) in [6.45, 7) is 4.80. The Labute approximate surface area is 103 Å². The number of anilines is 1. The van der Waals surface area contributed by atoms with E-state index < -0.39 is 0 Å². The van der Waals surface area contributed by atoms with E-state index in [4.69, 9.17) is 5.73 Å². The summed E-state index contributed by atoms with van der Waals surface area (Å²) in [5.74, 6) is 0.0547. The van der Waals surface area contributed by atoms with Gasteiger partial charge in [-0.05, 0) is 43.4 Å². The lowest BCUT2D eigenvalue weighted by molar-refractivity contribution is -0.120. The van der Waals surface area contributed by atoms with Crippen LogP contribution in [-0.2, 0) is 11.2 Å². The van der Waals surface area contributed by atoms with Gasteiger partial charge in [-0.3, -0.25) is 4.79 Å². The number of rotatable bonds is 2. The molecule has 1 aliphatic rings. The number of hydrogen-bond acceptors (Lipinski definition) is 2. The quantitative estimate of drug-likeness (QED) is 0.848. The third kappa shape index (κ3) is 2.34. The topological polar surface area (TPSA) is 46.3 Å². The smallest absolute Gasteiger partial charge is 0.243 e. The van der Waals surface area contributed by atoms with Gasteiger partial charge >= 0.3 is 0 Å². The van der Waals surface area contributed by atoms with E-state index in [1.807, 2.05) is 11.8 Å². The molecule has 2 rings (SSSR count). The average molecular weight is 232 g/mol. The maximum Gasteiger partial charge on any atom is 0.243 e. The molecule has 3 heteroatoms. The van der Waals surface area contributed by atoms with Gasteiger partial charge in [-0.15, -0.1) is 0 Å². The lowest BCUT2D eigenvalue weighted by Crippen LogP contribution is -2.45. The Morgan fingerprint density at radius 1 is 1.53 bits per heavy atom. The van der Waals surface area contributed by atoms with Gasteiger partial charge in [0.1, 0.15) is 0 Å². The summed E-state index contributed by atoms with van der Waals surface area (Å²) in [6.07, 6.45) is 2.77. The Kier molecular flexibility index (Phi) is 3.48. The number of aryl methyl sites for hydroxylation is 2. The van der Waals surface area contributed by atoms with Crippen molar-refractivity contribution in [3.63, 3.8) is 0 Å². The van der Waals surface area contributed by atoms with Crippen molar-refractivity contribution in [3.05, 3.63) is 29.3 Å². The lowest BCUT2D eigenvalue weighted by atomic mass is 9.99. The van der Waals surface area contributed by atoms with Crippen molar-refractivity contribution < 1.29 is 4.79 Å². The van der Waals surface area contributed by atoms with Crippen molar-refractivity contribution in [1.29, 1.82) is 0 Å². The summed E-state index contributed by atoms with van der Waals surface area (Å²) in [6, 6.07) is 5.95. The van der Waals surface area contributed by atoms with E-state index >= 15 is 0 Å². The summed E-state index contributed by atoms with van der Waals surface area (Å²) in [5.41, 5.74) is 9.36. The molecule has 92 valence electrons. The van der Waals surface area contributed by atoms with Crippen LogP contribution in [0.15, 0.2) is 18.2 Å². The van der Waals surface area contributed by atoms with Gasteiger partial charge in [-0.25, -0.2) is 0 Å². The summed E-state index contributed by atoms with van der Waals surface area (Å²) in [7, 11) is 0. The fourth-order valence-electron chi connectivity index (χ4n) is 2.29. The molecule has 1 heterocycles. The zero-order chi connectivity index (χ0) is 12.4. The van der Waals surface area contributed by atoms with Crippen LogP contribution in [0.25, 0.3) is 0 Å². The van der Waals surface area contributed by atoms with E-state index in [-0.39, 0.29) is 11.9 Å². The van der Waals surface area contributed by atoms with Crippen molar-refractivity contribution in [2.24, 2.45) is 5.73 Å². The second-order valence-electron chi connectivity index (χ2n) is 4.74. The third-order valence-electron chi connectivity index (χ3n) is 3.38. The summed E-state index contributed by atoms with van der Waals surface area (Å²) >= 11 is 0. The Morgan fingerprint density at radius 2 is 2.29 bits per heavy atom. The molecule has 3 nitrogen and oxygen atoms in total. The molecule has 0 aliphatic carbocycles. The summed E-state index contributed by atoms with van der Waals surface area (Å²) in [4.78, 5) is 14.1. The van der Waals surface area contributed by atoms with Crippen molar-refractivity contribution in [1.82, 2.24) is 0 Å². The van der Waals surface area contributed by atoms with Crippen LogP contribution in [0.3, 0.4) is 0 Å². The highest BCUT2D eigenvalue weighted by molar-refractivity contribution is 5.98. The molecule has 2 N–H and O–H groups in total. The zero-order valence-electron chi connectivity index (χ0n) is 10.6. The summed E-state index contributed by atoms with van der Waals surface area (Å²) in [5, 5.41) is 0.